The Morgan fingerprint density at radius 3 is 2.67 bits per heavy atom. The number of fused-ring (bicyclic) bond motifs is 1. The van der Waals surface area contributed by atoms with E-state index in [1.165, 1.54) is 0 Å². The zero-order valence-electron chi connectivity index (χ0n) is 13.0. The summed E-state index contributed by atoms with van der Waals surface area (Å²) in [6.45, 7) is 1.66. The number of nitrogens with one attached hydrogen (secondary N) is 1. The molecule has 1 aromatic carbocycles. The highest BCUT2D eigenvalue weighted by Crippen LogP contribution is 2.27. The zero-order chi connectivity index (χ0) is 16.7. The van der Waals surface area contributed by atoms with Gasteiger partial charge < -0.3 is 14.2 Å². The quantitative estimate of drug-likeness (QED) is 0.900. The SMILES string of the molecule is O=C(C1CC(F)(F)CN1)N1CCN(c2nc3ccccc3o2)CC1. The van der Waals surface area contributed by atoms with Gasteiger partial charge in [-0.3, -0.25) is 10.1 Å². The van der Waals surface area contributed by atoms with Gasteiger partial charge in [0.15, 0.2) is 5.58 Å². The fourth-order valence-electron chi connectivity index (χ4n) is 3.22. The Morgan fingerprint density at radius 2 is 2.00 bits per heavy atom. The van der Waals surface area contributed by atoms with Gasteiger partial charge in [-0.1, -0.05) is 12.1 Å². The summed E-state index contributed by atoms with van der Waals surface area (Å²) in [6.07, 6.45) is -0.419. The van der Waals surface area contributed by atoms with E-state index in [4.69, 9.17) is 4.42 Å². The molecular formula is C16H18F2N4O2. The van der Waals surface area contributed by atoms with E-state index in [1.54, 1.807) is 4.90 Å². The first-order valence-corrected chi connectivity index (χ1v) is 8.02. The predicted molar refractivity (Wildman–Crippen MR) is 84.2 cm³/mol. The fraction of sp³-hybridized carbons (Fsp3) is 0.500. The molecule has 2 saturated heterocycles. The van der Waals surface area contributed by atoms with Crippen molar-refractivity contribution in [2.24, 2.45) is 0 Å². The molecule has 2 aliphatic rings. The van der Waals surface area contributed by atoms with E-state index in [0.717, 1.165) is 11.1 Å². The number of halogens is 2. The molecular weight excluding hydrogens is 318 g/mol. The van der Waals surface area contributed by atoms with E-state index < -0.39 is 24.9 Å². The molecule has 0 aliphatic carbocycles. The number of amides is 1. The van der Waals surface area contributed by atoms with Gasteiger partial charge in [0, 0.05) is 32.6 Å². The number of piperazine rings is 1. The highest BCUT2D eigenvalue weighted by molar-refractivity contribution is 5.82. The van der Waals surface area contributed by atoms with Gasteiger partial charge in [-0.15, -0.1) is 0 Å². The van der Waals surface area contributed by atoms with E-state index in [9.17, 15) is 13.6 Å². The van der Waals surface area contributed by atoms with Crippen molar-refractivity contribution in [3.63, 3.8) is 0 Å². The van der Waals surface area contributed by atoms with E-state index in [1.807, 2.05) is 29.2 Å². The summed E-state index contributed by atoms with van der Waals surface area (Å²) in [5, 5.41) is 2.62. The summed E-state index contributed by atoms with van der Waals surface area (Å²) in [7, 11) is 0. The van der Waals surface area contributed by atoms with E-state index >= 15 is 0 Å². The Bertz CT molecular complexity index is 722. The molecule has 0 spiro atoms. The van der Waals surface area contributed by atoms with Crippen molar-refractivity contribution in [1.29, 1.82) is 0 Å². The molecule has 1 N–H and O–H groups in total. The molecule has 2 aromatic rings. The second kappa shape index (κ2) is 5.70. The second-order valence-corrected chi connectivity index (χ2v) is 6.27. The molecule has 6 nitrogen and oxygen atoms in total. The lowest BCUT2D eigenvalue weighted by atomic mass is 10.1. The monoisotopic (exact) mass is 336 g/mol. The summed E-state index contributed by atoms with van der Waals surface area (Å²) in [5.41, 5.74) is 1.52. The summed E-state index contributed by atoms with van der Waals surface area (Å²) >= 11 is 0. The normalized spacial score (nSPS) is 23.8. The van der Waals surface area contributed by atoms with Crippen molar-refractivity contribution < 1.29 is 18.0 Å². The van der Waals surface area contributed by atoms with Crippen molar-refractivity contribution in [3.05, 3.63) is 24.3 Å². The van der Waals surface area contributed by atoms with Gasteiger partial charge in [-0.25, -0.2) is 8.78 Å². The van der Waals surface area contributed by atoms with Crippen LogP contribution < -0.4 is 10.2 Å². The summed E-state index contributed by atoms with van der Waals surface area (Å²) in [4.78, 5) is 20.4. The van der Waals surface area contributed by atoms with Crippen LogP contribution in [-0.4, -0.2) is 60.5 Å². The molecule has 24 heavy (non-hydrogen) atoms. The van der Waals surface area contributed by atoms with E-state index in [2.05, 4.69) is 10.3 Å². The lowest BCUT2D eigenvalue weighted by Gasteiger charge is -2.35. The van der Waals surface area contributed by atoms with Crippen LogP contribution in [0.15, 0.2) is 28.7 Å². The number of aromatic nitrogens is 1. The minimum Gasteiger partial charge on any atom is -0.423 e. The largest absolute Gasteiger partial charge is 0.423 e. The lowest BCUT2D eigenvalue weighted by molar-refractivity contribution is -0.134. The third-order valence-electron chi connectivity index (χ3n) is 4.55. The number of hydrogen-bond acceptors (Lipinski definition) is 5. The standard InChI is InChI=1S/C16H18F2N4O2/c17-16(18)9-12(19-10-16)14(23)21-5-7-22(8-6-21)15-20-11-3-1-2-4-13(11)24-15/h1-4,12,19H,5-10H2. The summed E-state index contributed by atoms with van der Waals surface area (Å²) in [5.74, 6) is -3.04. The molecule has 4 rings (SSSR count). The predicted octanol–water partition coefficient (Wildman–Crippen LogP) is 1.47. The first-order valence-electron chi connectivity index (χ1n) is 8.02. The number of oxazole rings is 1. The number of hydrogen-bond donors (Lipinski definition) is 1. The number of carbonyl (C=O) groups excluding carboxylic acids is 1. The maximum Gasteiger partial charge on any atom is 0.298 e. The van der Waals surface area contributed by atoms with Crippen molar-refractivity contribution in [2.75, 3.05) is 37.6 Å². The zero-order valence-corrected chi connectivity index (χ0v) is 13.0. The molecule has 2 fully saturated rings. The van der Waals surface area contributed by atoms with Crippen LogP contribution in [0.3, 0.4) is 0 Å². The minimum absolute atomic E-state index is 0.246. The van der Waals surface area contributed by atoms with Gasteiger partial charge in [-0.2, -0.15) is 4.98 Å². The Labute approximate surface area is 137 Å². The summed E-state index contributed by atoms with van der Waals surface area (Å²) in [6, 6.07) is 7.28. The fourth-order valence-corrected chi connectivity index (χ4v) is 3.22. The maximum atomic E-state index is 13.2. The van der Waals surface area contributed by atoms with Crippen LogP contribution in [0.1, 0.15) is 6.42 Å². The van der Waals surface area contributed by atoms with Gasteiger partial charge >= 0.3 is 0 Å². The van der Waals surface area contributed by atoms with Crippen molar-refractivity contribution in [3.8, 4) is 0 Å². The van der Waals surface area contributed by atoms with Crippen LogP contribution in [0.25, 0.3) is 11.1 Å². The van der Waals surface area contributed by atoms with Crippen molar-refractivity contribution in [2.45, 2.75) is 18.4 Å². The van der Waals surface area contributed by atoms with Gasteiger partial charge in [0.05, 0.1) is 12.6 Å². The molecule has 1 unspecified atom stereocenters. The Kier molecular flexibility index (Phi) is 3.64. The number of alkyl halides is 2. The molecule has 128 valence electrons. The topological polar surface area (TPSA) is 61.6 Å². The lowest BCUT2D eigenvalue weighted by Crippen LogP contribution is -2.53. The first-order chi connectivity index (χ1) is 11.5. The first kappa shape index (κ1) is 15.3. The molecule has 1 aromatic heterocycles. The third-order valence-corrected chi connectivity index (χ3v) is 4.55. The van der Waals surface area contributed by atoms with Crippen molar-refractivity contribution >= 4 is 23.0 Å². The van der Waals surface area contributed by atoms with Gasteiger partial charge in [0.2, 0.25) is 5.91 Å². The smallest absolute Gasteiger partial charge is 0.298 e. The van der Waals surface area contributed by atoms with E-state index in [0.29, 0.717) is 32.2 Å². The number of carbonyl (C=O) groups is 1. The average Bonchev–Trinajstić information content (AvgIpc) is 3.17. The van der Waals surface area contributed by atoms with E-state index in [-0.39, 0.29) is 5.91 Å². The molecule has 2 aliphatic heterocycles. The van der Waals surface area contributed by atoms with Gasteiger partial charge in [-0.05, 0) is 12.1 Å². The Hall–Kier alpha value is -2.22. The Balaban J connectivity index is 1.39. The van der Waals surface area contributed by atoms with Crippen LogP contribution in [-0.2, 0) is 4.79 Å². The van der Waals surface area contributed by atoms with Crippen molar-refractivity contribution in [1.82, 2.24) is 15.2 Å². The molecule has 0 bridgehead atoms. The van der Waals surface area contributed by atoms with Crippen LogP contribution in [0.2, 0.25) is 0 Å². The number of benzene rings is 1. The Morgan fingerprint density at radius 1 is 1.25 bits per heavy atom. The molecule has 3 heterocycles. The number of nitrogens with zero attached hydrogens (tertiary/aromatic N) is 3. The number of anilines is 1. The number of para-hydroxylation sites is 2. The molecule has 1 amide bonds. The van der Waals surface area contributed by atoms with Gasteiger partial charge in [0.25, 0.3) is 11.9 Å². The van der Waals surface area contributed by atoms with Crippen LogP contribution in [0.4, 0.5) is 14.8 Å². The molecule has 0 radical (unpaired) electrons. The second-order valence-electron chi connectivity index (χ2n) is 6.27. The molecule has 0 saturated carbocycles. The molecule has 8 heteroatoms. The third kappa shape index (κ3) is 2.82. The summed E-state index contributed by atoms with van der Waals surface area (Å²) < 4.78 is 32.2. The average molecular weight is 336 g/mol. The van der Waals surface area contributed by atoms with Crippen LogP contribution >= 0.6 is 0 Å². The highest BCUT2D eigenvalue weighted by Gasteiger charge is 2.43. The van der Waals surface area contributed by atoms with Gasteiger partial charge in [0.1, 0.15) is 5.52 Å². The molecule has 1 atom stereocenters. The minimum atomic E-state index is -2.79. The maximum absolute atomic E-state index is 13.2. The van der Waals surface area contributed by atoms with Crippen LogP contribution in [0, 0.1) is 0 Å². The number of rotatable bonds is 2. The van der Waals surface area contributed by atoms with Crippen LogP contribution in [0.5, 0.6) is 0 Å². The highest BCUT2D eigenvalue weighted by atomic mass is 19.3.